The highest BCUT2D eigenvalue weighted by Crippen LogP contribution is 2.38. The number of nitrogens with zero attached hydrogens (tertiary/aromatic N) is 1. The third-order valence-electron chi connectivity index (χ3n) is 5.07. The smallest absolute Gasteiger partial charge is 0.170 e. The van der Waals surface area contributed by atoms with Crippen molar-refractivity contribution in [2.24, 2.45) is 0 Å². The lowest BCUT2D eigenvalue weighted by molar-refractivity contribution is 0.445. The maximum atomic E-state index is 15.4. The zero-order chi connectivity index (χ0) is 24.9. The number of benzene rings is 1. The fourth-order valence-electron chi connectivity index (χ4n) is 3.64. The van der Waals surface area contributed by atoms with Gasteiger partial charge in [0.2, 0.25) is 0 Å². The Labute approximate surface area is 193 Å². The van der Waals surface area contributed by atoms with Gasteiger partial charge in [-0.3, -0.25) is 0 Å². The van der Waals surface area contributed by atoms with Crippen LogP contribution in [0.5, 0.6) is 0 Å². The molecule has 0 N–H and O–H groups in total. The molecule has 0 unspecified atom stereocenters. The summed E-state index contributed by atoms with van der Waals surface area (Å²) in [5.41, 5.74) is -0.729. The van der Waals surface area contributed by atoms with Crippen LogP contribution in [0.25, 0.3) is 11.1 Å². The SMILES string of the molecule is CCC/C(C#N)=C(\CCC)c1c(F)c(F)c(/C(=C/C[Si](C)(C)C)C[Si](C)(C)C)c(F)c1F. The van der Waals surface area contributed by atoms with E-state index < -0.39 is 50.5 Å². The van der Waals surface area contributed by atoms with E-state index in [1.807, 2.05) is 13.0 Å². The first-order valence-electron chi connectivity index (χ1n) is 11.4. The van der Waals surface area contributed by atoms with Gasteiger partial charge < -0.3 is 0 Å². The van der Waals surface area contributed by atoms with E-state index in [0.717, 1.165) is 0 Å². The van der Waals surface area contributed by atoms with E-state index in [0.29, 0.717) is 36.9 Å². The average Bonchev–Trinajstić information content (AvgIpc) is 2.66. The van der Waals surface area contributed by atoms with Crippen molar-refractivity contribution in [3.63, 3.8) is 0 Å². The molecule has 0 fully saturated rings. The molecule has 0 aliphatic rings. The first kappa shape index (κ1) is 28.4. The van der Waals surface area contributed by atoms with Crippen LogP contribution in [-0.4, -0.2) is 16.1 Å². The summed E-state index contributed by atoms with van der Waals surface area (Å²) in [7, 11) is -3.44. The molecule has 1 rings (SSSR count). The van der Waals surface area contributed by atoms with Gasteiger partial charge in [-0.25, -0.2) is 17.6 Å². The Kier molecular flexibility index (Phi) is 10.2. The molecule has 0 saturated carbocycles. The second kappa shape index (κ2) is 11.5. The molecule has 0 radical (unpaired) electrons. The van der Waals surface area contributed by atoms with Crippen molar-refractivity contribution in [2.75, 3.05) is 0 Å². The minimum atomic E-state index is -1.85. The molecule has 0 aromatic heterocycles. The second-order valence-electron chi connectivity index (χ2n) is 10.8. The quantitative estimate of drug-likeness (QED) is 0.141. The molecule has 178 valence electrons. The number of nitriles is 1. The predicted octanol–water partition coefficient (Wildman–Crippen LogP) is 9.18. The first-order valence-corrected chi connectivity index (χ1v) is 18.8. The van der Waals surface area contributed by atoms with Crippen molar-refractivity contribution in [3.8, 4) is 6.07 Å². The van der Waals surface area contributed by atoms with Crippen LogP contribution in [0, 0.1) is 34.6 Å². The molecule has 0 heterocycles. The van der Waals surface area contributed by atoms with E-state index in [-0.39, 0.29) is 17.6 Å². The van der Waals surface area contributed by atoms with E-state index >= 15 is 17.6 Å². The van der Waals surface area contributed by atoms with E-state index in [1.54, 1.807) is 13.0 Å². The monoisotopic (exact) mass is 483 g/mol. The molecule has 0 atom stereocenters. The highest BCUT2D eigenvalue weighted by atomic mass is 28.3. The summed E-state index contributed by atoms with van der Waals surface area (Å²) >= 11 is 0. The van der Waals surface area contributed by atoms with Crippen LogP contribution in [-0.2, 0) is 0 Å². The standard InChI is InChI=1S/C25H37F4NSi2/c1-9-11-17(15-30)19(12-10-2)21-24(28)22(26)20(23(27)25(21)29)18(16-32(6,7)8)13-14-31(3,4)5/h13H,9-12,14,16H2,1-8H3/b18-13+,19-17-. The van der Waals surface area contributed by atoms with Gasteiger partial charge >= 0.3 is 0 Å². The summed E-state index contributed by atoms with van der Waals surface area (Å²) in [5, 5.41) is 9.51. The topological polar surface area (TPSA) is 23.8 Å². The van der Waals surface area contributed by atoms with Gasteiger partial charge in [-0.15, -0.1) is 0 Å². The highest BCUT2D eigenvalue weighted by molar-refractivity contribution is 6.78. The number of halogens is 4. The van der Waals surface area contributed by atoms with Gasteiger partial charge in [0.15, 0.2) is 23.3 Å². The normalized spacial score (nSPS) is 13.8. The second-order valence-corrected chi connectivity index (χ2v) is 21.8. The van der Waals surface area contributed by atoms with E-state index in [1.165, 1.54) is 0 Å². The third-order valence-corrected chi connectivity index (χ3v) is 7.94. The molecule has 32 heavy (non-hydrogen) atoms. The molecule has 0 amide bonds. The number of rotatable bonds is 10. The molecule has 1 aromatic carbocycles. The van der Waals surface area contributed by atoms with Gasteiger partial charge in [0.1, 0.15) is 0 Å². The van der Waals surface area contributed by atoms with Crippen molar-refractivity contribution in [1.29, 1.82) is 5.26 Å². The van der Waals surface area contributed by atoms with Crippen LogP contribution in [0.15, 0.2) is 11.6 Å². The van der Waals surface area contributed by atoms with Crippen molar-refractivity contribution in [3.05, 3.63) is 46.0 Å². The fraction of sp³-hybridized carbons (Fsp3) is 0.560. The Morgan fingerprint density at radius 3 is 1.62 bits per heavy atom. The summed E-state index contributed by atoms with van der Waals surface area (Å²) in [6.07, 6.45) is 3.33. The lowest BCUT2D eigenvalue weighted by atomic mass is 9.91. The molecule has 0 bridgehead atoms. The highest BCUT2D eigenvalue weighted by Gasteiger charge is 2.31. The molecule has 0 aliphatic carbocycles. The van der Waals surface area contributed by atoms with Crippen LogP contribution < -0.4 is 0 Å². The number of hydrogen-bond donors (Lipinski definition) is 0. The van der Waals surface area contributed by atoms with Crippen LogP contribution >= 0.6 is 0 Å². The Morgan fingerprint density at radius 2 is 1.25 bits per heavy atom. The molecule has 1 nitrogen and oxygen atoms in total. The molecular weight excluding hydrogens is 446 g/mol. The first-order chi connectivity index (χ1) is 14.7. The van der Waals surface area contributed by atoms with Crippen molar-refractivity contribution >= 4 is 27.3 Å². The lowest BCUT2D eigenvalue weighted by Crippen LogP contribution is -2.22. The molecule has 0 spiro atoms. The van der Waals surface area contributed by atoms with Gasteiger partial charge in [-0.1, -0.05) is 72.0 Å². The third kappa shape index (κ3) is 7.45. The molecular formula is C25H37F4NSi2. The Bertz CT molecular complexity index is 900. The summed E-state index contributed by atoms with van der Waals surface area (Å²) < 4.78 is 61.5. The van der Waals surface area contributed by atoms with Gasteiger partial charge in [0.25, 0.3) is 0 Å². The van der Waals surface area contributed by atoms with Gasteiger partial charge in [-0.05, 0) is 36.1 Å². The van der Waals surface area contributed by atoms with Crippen LogP contribution in [0.2, 0.25) is 51.4 Å². The zero-order valence-corrected chi connectivity index (χ0v) is 22.8. The number of hydrogen-bond acceptors (Lipinski definition) is 1. The average molecular weight is 484 g/mol. The fourth-order valence-corrected chi connectivity index (χ4v) is 5.97. The molecule has 0 saturated heterocycles. The molecule has 0 aliphatic heterocycles. The summed E-state index contributed by atoms with van der Waals surface area (Å²) in [6, 6.07) is 3.06. The van der Waals surface area contributed by atoms with Crippen molar-refractivity contribution in [1.82, 2.24) is 0 Å². The largest absolute Gasteiger partial charge is 0.203 e. The van der Waals surface area contributed by atoms with Crippen molar-refractivity contribution in [2.45, 2.75) is 90.9 Å². The summed E-state index contributed by atoms with van der Waals surface area (Å²) in [4.78, 5) is 0. The van der Waals surface area contributed by atoms with Gasteiger partial charge in [0, 0.05) is 21.7 Å². The van der Waals surface area contributed by atoms with E-state index in [2.05, 4.69) is 39.3 Å². The predicted molar refractivity (Wildman–Crippen MR) is 133 cm³/mol. The van der Waals surface area contributed by atoms with Crippen LogP contribution in [0.3, 0.4) is 0 Å². The minimum absolute atomic E-state index is 0.0639. The van der Waals surface area contributed by atoms with Crippen LogP contribution in [0.4, 0.5) is 17.6 Å². The van der Waals surface area contributed by atoms with Crippen LogP contribution in [0.1, 0.15) is 50.7 Å². The lowest BCUT2D eigenvalue weighted by Gasteiger charge is -2.23. The molecule has 7 heteroatoms. The van der Waals surface area contributed by atoms with E-state index in [4.69, 9.17) is 0 Å². The van der Waals surface area contributed by atoms with E-state index in [9.17, 15) is 5.26 Å². The van der Waals surface area contributed by atoms with Gasteiger partial charge in [0.05, 0.1) is 17.2 Å². The summed E-state index contributed by atoms with van der Waals surface area (Å²) in [6.45, 7) is 16.2. The maximum Gasteiger partial charge on any atom is 0.170 e. The Balaban J connectivity index is 3.91. The number of allylic oxidation sites excluding steroid dienone is 4. The zero-order valence-electron chi connectivity index (χ0n) is 20.8. The van der Waals surface area contributed by atoms with Crippen molar-refractivity contribution < 1.29 is 17.6 Å². The Morgan fingerprint density at radius 1 is 0.781 bits per heavy atom. The summed E-state index contributed by atoms with van der Waals surface area (Å²) in [5.74, 6) is -5.52. The minimum Gasteiger partial charge on any atom is -0.203 e. The molecule has 1 aromatic rings. The van der Waals surface area contributed by atoms with Gasteiger partial charge in [-0.2, -0.15) is 5.26 Å². The maximum absolute atomic E-state index is 15.4. The Hall–Kier alpha value is -1.66.